The second-order valence-electron chi connectivity index (χ2n) is 6.83. The summed E-state index contributed by atoms with van der Waals surface area (Å²) in [6, 6.07) is 17.9. The van der Waals surface area contributed by atoms with Gasteiger partial charge in [-0.15, -0.1) is 0 Å². The van der Waals surface area contributed by atoms with Gasteiger partial charge in [-0.05, 0) is 55.3 Å². The number of rotatable bonds is 6. The monoisotopic (exact) mass is 415 g/mol. The van der Waals surface area contributed by atoms with Crippen LogP contribution >= 0.6 is 0 Å². The Balaban J connectivity index is 1.81. The first kappa shape index (κ1) is 21.5. The summed E-state index contributed by atoms with van der Waals surface area (Å²) in [5, 5.41) is 13.5. The highest BCUT2D eigenvalue weighted by atomic mass is 16.5. The van der Waals surface area contributed by atoms with E-state index in [1.54, 1.807) is 50.2 Å². The number of para-hydroxylation sites is 1. The number of benzene rings is 2. The summed E-state index contributed by atoms with van der Waals surface area (Å²) in [5.74, 6) is 0.192. The fourth-order valence-electron chi connectivity index (χ4n) is 3.02. The van der Waals surface area contributed by atoms with E-state index in [-0.39, 0.29) is 12.2 Å². The Bertz CT molecular complexity index is 1240. The average molecular weight is 415 g/mol. The molecule has 1 aromatic heterocycles. The zero-order chi connectivity index (χ0) is 22.4. The number of nitriles is 1. The van der Waals surface area contributed by atoms with Gasteiger partial charge in [0.15, 0.2) is 0 Å². The minimum atomic E-state index is -0.458. The van der Waals surface area contributed by atoms with Crippen LogP contribution in [0.4, 0.5) is 0 Å². The summed E-state index contributed by atoms with van der Waals surface area (Å²) in [6.07, 6.45) is 1.53. The Morgan fingerprint density at radius 1 is 1.16 bits per heavy atom. The van der Waals surface area contributed by atoms with Crippen LogP contribution in [0.2, 0.25) is 0 Å². The van der Waals surface area contributed by atoms with E-state index in [1.165, 1.54) is 18.0 Å². The van der Waals surface area contributed by atoms with E-state index >= 15 is 0 Å². The maximum absolute atomic E-state index is 12.5. The summed E-state index contributed by atoms with van der Waals surface area (Å²) in [6.45, 7) is 3.77. The van der Waals surface area contributed by atoms with Gasteiger partial charge < -0.3 is 9.47 Å². The van der Waals surface area contributed by atoms with Crippen LogP contribution in [-0.2, 0) is 11.3 Å². The van der Waals surface area contributed by atoms with Crippen LogP contribution in [0, 0.1) is 25.2 Å². The van der Waals surface area contributed by atoms with Crippen molar-refractivity contribution in [2.24, 2.45) is 5.10 Å². The van der Waals surface area contributed by atoms with Gasteiger partial charge in [0, 0.05) is 11.3 Å². The summed E-state index contributed by atoms with van der Waals surface area (Å²) in [5.41, 5.74) is 2.89. The van der Waals surface area contributed by atoms with Crippen molar-refractivity contribution in [1.29, 1.82) is 5.26 Å². The molecule has 3 aromatic rings. The van der Waals surface area contributed by atoms with E-state index in [9.17, 15) is 14.9 Å². The molecule has 7 heteroatoms. The van der Waals surface area contributed by atoms with Gasteiger partial charge in [-0.1, -0.05) is 24.3 Å². The second kappa shape index (κ2) is 9.55. The Morgan fingerprint density at radius 3 is 2.55 bits per heavy atom. The number of nitrogens with zero attached hydrogens (tertiary/aromatic N) is 3. The van der Waals surface area contributed by atoms with Crippen LogP contribution in [0.3, 0.4) is 0 Å². The number of esters is 1. The van der Waals surface area contributed by atoms with Crippen LogP contribution in [-0.4, -0.2) is 24.0 Å². The third kappa shape index (κ3) is 4.87. The smallest absolute Gasteiger partial charge is 0.337 e. The van der Waals surface area contributed by atoms with Gasteiger partial charge in [-0.2, -0.15) is 10.4 Å². The van der Waals surface area contributed by atoms with Gasteiger partial charge in [0.05, 0.1) is 18.9 Å². The predicted octanol–water partition coefficient (Wildman–Crippen LogP) is 3.58. The number of aryl methyl sites for hydroxylation is 2. The normalized spacial score (nSPS) is 10.6. The highest BCUT2D eigenvalue weighted by Crippen LogP contribution is 2.18. The Hall–Kier alpha value is -4.18. The first-order chi connectivity index (χ1) is 14.9. The maximum Gasteiger partial charge on any atom is 0.337 e. The fourth-order valence-corrected chi connectivity index (χ4v) is 3.02. The third-order valence-electron chi connectivity index (χ3n) is 4.67. The van der Waals surface area contributed by atoms with E-state index in [0.29, 0.717) is 28.1 Å². The van der Waals surface area contributed by atoms with Crippen molar-refractivity contribution in [3.05, 3.63) is 98.5 Å². The molecule has 1 heterocycles. The lowest BCUT2D eigenvalue weighted by atomic mass is 10.1. The Labute approximate surface area is 179 Å². The molecular formula is C24H21N3O4. The largest absolute Gasteiger partial charge is 0.488 e. The molecule has 31 heavy (non-hydrogen) atoms. The lowest BCUT2D eigenvalue weighted by Crippen LogP contribution is -2.22. The number of carbonyl (C=O) groups excluding carboxylic acids is 1. The molecule has 0 fully saturated rings. The highest BCUT2D eigenvalue weighted by Gasteiger charge is 2.10. The molecule has 0 aliphatic rings. The molecule has 0 amide bonds. The van der Waals surface area contributed by atoms with Gasteiger partial charge in [0.1, 0.15) is 24.0 Å². The van der Waals surface area contributed by atoms with Crippen LogP contribution in [0.1, 0.15) is 38.3 Å². The number of hydrogen-bond donors (Lipinski definition) is 0. The van der Waals surface area contributed by atoms with Crippen LogP contribution in [0.5, 0.6) is 5.75 Å². The van der Waals surface area contributed by atoms with E-state index in [1.807, 2.05) is 24.3 Å². The Morgan fingerprint density at radius 2 is 1.87 bits per heavy atom. The lowest BCUT2D eigenvalue weighted by Gasteiger charge is -2.10. The molecule has 2 aromatic carbocycles. The van der Waals surface area contributed by atoms with E-state index in [2.05, 4.69) is 5.10 Å². The van der Waals surface area contributed by atoms with Crippen molar-refractivity contribution in [3.63, 3.8) is 0 Å². The van der Waals surface area contributed by atoms with Gasteiger partial charge in [0.25, 0.3) is 5.56 Å². The molecule has 0 atom stereocenters. The molecule has 0 bridgehead atoms. The predicted molar refractivity (Wildman–Crippen MR) is 116 cm³/mol. The molecule has 0 aliphatic carbocycles. The molecule has 156 valence electrons. The number of aromatic nitrogens is 1. The average Bonchev–Trinajstić information content (AvgIpc) is 2.78. The Kier molecular flexibility index (Phi) is 6.63. The minimum Gasteiger partial charge on any atom is -0.488 e. The van der Waals surface area contributed by atoms with Crippen molar-refractivity contribution in [1.82, 2.24) is 4.68 Å². The molecule has 0 saturated carbocycles. The molecule has 0 aliphatic heterocycles. The fraction of sp³-hybridized carbons (Fsp3) is 0.167. The van der Waals surface area contributed by atoms with Crippen LogP contribution < -0.4 is 10.3 Å². The molecule has 3 rings (SSSR count). The molecule has 0 spiro atoms. The van der Waals surface area contributed by atoms with Gasteiger partial charge >= 0.3 is 5.97 Å². The van der Waals surface area contributed by atoms with Gasteiger partial charge in [-0.25, -0.2) is 9.47 Å². The number of carbonyl (C=O) groups is 1. The van der Waals surface area contributed by atoms with Crippen molar-refractivity contribution < 1.29 is 14.3 Å². The number of methoxy groups -OCH3 is 1. The topological polar surface area (TPSA) is 93.7 Å². The van der Waals surface area contributed by atoms with E-state index in [4.69, 9.17) is 9.47 Å². The molecule has 0 N–H and O–H groups in total. The first-order valence-corrected chi connectivity index (χ1v) is 9.51. The zero-order valence-corrected chi connectivity index (χ0v) is 17.5. The first-order valence-electron chi connectivity index (χ1n) is 9.51. The van der Waals surface area contributed by atoms with Gasteiger partial charge in [0.2, 0.25) is 0 Å². The summed E-state index contributed by atoms with van der Waals surface area (Å²) >= 11 is 0. The molecule has 0 radical (unpaired) electrons. The van der Waals surface area contributed by atoms with E-state index < -0.39 is 11.5 Å². The molecule has 0 unspecified atom stereocenters. The van der Waals surface area contributed by atoms with Crippen molar-refractivity contribution in [3.8, 4) is 11.8 Å². The standard InChI is InChI=1S/C24H21N3O4/c1-16-12-17(2)27(23(28)21(16)13-25)26-14-20-6-4-5-7-22(20)31-15-18-8-10-19(11-9-18)24(29)30-3/h4-12,14H,15H2,1-3H3/b26-14+. The quantitative estimate of drug-likeness (QED) is 0.453. The second-order valence-corrected chi connectivity index (χ2v) is 6.83. The zero-order valence-electron chi connectivity index (χ0n) is 17.5. The SMILES string of the molecule is COC(=O)c1ccc(COc2ccccc2/C=N/n2c(C)cc(C)c(C#N)c2=O)cc1. The summed E-state index contributed by atoms with van der Waals surface area (Å²) in [4.78, 5) is 24.1. The maximum atomic E-state index is 12.5. The lowest BCUT2D eigenvalue weighted by molar-refractivity contribution is 0.0600. The van der Waals surface area contributed by atoms with Crippen molar-refractivity contribution in [2.75, 3.05) is 7.11 Å². The van der Waals surface area contributed by atoms with Gasteiger partial charge in [-0.3, -0.25) is 4.79 Å². The molecule has 7 nitrogen and oxygen atoms in total. The third-order valence-corrected chi connectivity index (χ3v) is 4.67. The van der Waals surface area contributed by atoms with Crippen LogP contribution in [0.15, 0.2) is 64.5 Å². The minimum absolute atomic E-state index is 0.0719. The summed E-state index contributed by atoms with van der Waals surface area (Å²) in [7, 11) is 1.34. The number of pyridine rings is 1. The number of ether oxygens (including phenoxy) is 2. The van der Waals surface area contributed by atoms with Crippen molar-refractivity contribution >= 4 is 12.2 Å². The van der Waals surface area contributed by atoms with Crippen molar-refractivity contribution in [2.45, 2.75) is 20.5 Å². The van der Waals surface area contributed by atoms with Crippen LogP contribution in [0.25, 0.3) is 0 Å². The highest BCUT2D eigenvalue weighted by molar-refractivity contribution is 5.89. The summed E-state index contributed by atoms with van der Waals surface area (Å²) < 4.78 is 11.8. The molecule has 0 saturated heterocycles. The number of hydrogen-bond acceptors (Lipinski definition) is 6. The van der Waals surface area contributed by atoms with E-state index in [0.717, 1.165) is 5.56 Å². The molecular weight excluding hydrogens is 394 g/mol.